The first-order valence-corrected chi connectivity index (χ1v) is 6.65. The van der Waals surface area contributed by atoms with Gasteiger partial charge in [-0.2, -0.15) is 0 Å². The number of nitrogens with two attached hydrogens (primary N) is 1. The zero-order valence-electron chi connectivity index (χ0n) is 10.8. The molecular formula is C15H20N2O. The topological polar surface area (TPSA) is 51.2 Å². The molecule has 96 valence electrons. The second-order valence-corrected chi connectivity index (χ2v) is 5.52. The van der Waals surface area contributed by atoms with Crippen LogP contribution in [0.15, 0.2) is 24.3 Å². The Hall–Kier alpha value is -1.48. The molecule has 3 nitrogen and oxygen atoms in total. The Balaban J connectivity index is 2.20. The number of hydrogen-bond donors (Lipinski definition) is 2. The predicted molar refractivity (Wildman–Crippen MR) is 73.8 cm³/mol. The second-order valence-electron chi connectivity index (χ2n) is 5.52. The average Bonchev–Trinajstić information content (AvgIpc) is 2.95. The van der Waals surface area contributed by atoms with E-state index in [0.29, 0.717) is 12.3 Å². The fourth-order valence-corrected chi connectivity index (χ4v) is 3.46. The molecule has 3 heteroatoms. The molecule has 1 aromatic heterocycles. The molecule has 1 aliphatic rings. The Morgan fingerprint density at radius 2 is 2.00 bits per heavy atom. The minimum absolute atomic E-state index is 0.142. The van der Waals surface area contributed by atoms with E-state index in [4.69, 9.17) is 5.73 Å². The molecular weight excluding hydrogens is 224 g/mol. The van der Waals surface area contributed by atoms with E-state index in [2.05, 4.69) is 17.7 Å². The normalized spacial score (nSPS) is 18.6. The molecule has 3 N–H and O–H groups in total. The molecule has 3 rings (SSSR count). The van der Waals surface area contributed by atoms with Gasteiger partial charge in [0.05, 0.1) is 0 Å². The van der Waals surface area contributed by atoms with E-state index in [1.54, 1.807) is 6.07 Å². The molecule has 0 atom stereocenters. The first-order chi connectivity index (χ1) is 8.66. The van der Waals surface area contributed by atoms with Crippen LogP contribution < -0.4 is 5.73 Å². The van der Waals surface area contributed by atoms with E-state index < -0.39 is 0 Å². The van der Waals surface area contributed by atoms with Gasteiger partial charge in [0.1, 0.15) is 5.75 Å². The third kappa shape index (κ3) is 1.54. The summed E-state index contributed by atoms with van der Waals surface area (Å²) in [5, 5.41) is 10.7. The highest BCUT2D eigenvalue weighted by Gasteiger charge is 2.36. The summed E-state index contributed by atoms with van der Waals surface area (Å²) in [5.74, 6) is 0.327. The Bertz CT molecular complexity index is 579. The largest absolute Gasteiger partial charge is 0.508 e. The predicted octanol–water partition coefficient (Wildman–Crippen LogP) is 2.65. The number of fused-ring (bicyclic) bond motifs is 1. The Morgan fingerprint density at radius 1 is 1.28 bits per heavy atom. The number of phenolic OH excluding ortho intramolecular Hbond substituents is 1. The van der Waals surface area contributed by atoms with E-state index in [1.165, 1.54) is 36.9 Å². The van der Waals surface area contributed by atoms with Crippen molar-refractivity contribution in [2.24, 2.45) is 12.8 Å². The minimum atomic E-state index is 0.142. The standard InChI is InChI=1S/C15H20N2O/c1-17-13-5-4-12(18)8-11(13)9-14(17)15(10-16)6-2-3-7-15/h4-5,8-9,18H,2-3,6-7,10,16H2,1H3. The monoisotopic (exact) mass is 244 g/mol. The maximum Gasteiger partial charge on any atom is 0.116 e. The van der Waals surface area contributed by atoms with Gasteiger partial charge in [-0.05, 0) is 37.1 Å². The van der Waals surface area contributed by atoms with Gasteiger partial charge in [-0.3, -0.25) is 0 Å². The molecule has 0 unspecified atom stereocenters. The molecule has 0 aliphatic heterocycles. The van der Waals surface area contributed by atoms with Crippen LogP contribution in [-0.4, -0.2) is 16.2 Å². The van der Waals surface area contributed by atoms with Crippen LogP contribution in [0, 0.1) is 0 Å². The number of aryl methyl sites for hydroxylation is 1. The van der Waals surface area contributed by atoms with Gasteiger partial charge in [0.25, 0.3) is 0 Å². The van der Waals surface area contributed by atoms with E-state index in [1.807, 2.05) is 12.1 Å². The van der Waals surface area contributed by atoms with Gasteiger partial charge in [-0.25, -0.2) is 0 Å². The second kappa shape index (κ2) is 4.02. The van der Waals surface area contributed by atoms with Crippen LogP contribution in [0.25, 0.3) is 10.9 Å². The van der Waals surface area contributed by atoms with Crippen molar-refractivity contribution < 1.29 is 5.11 Å². The van der Waals surface area contributed by atoms with Crippen molar-refractivity contribution in [3.05, 3.63) is 30.0 Å². The number of hydrogen-bond acceptors (Lipinski definition) is 2. The van der Waals surface area contributed by atoms with Crippen molar-refractivity contribution in [1.82, 2.24) is 4.57 Å². The molecule has 2 aromatic rings. The summed E-state index contributed by atoms with van der Waals surface area (Å²) in [4.78, 5) is 0. The summed E-state index contributed by atoms with van der Waals surface area (Å²) in [5.41, 5.74) is 8.69. The molecule has 0 bridgehead atoms. The number of aromatic nitrogens is 1. The van der Waals surface area contributed by atoms with Crippen LogP contribution in [0.1, 0.15) is 31.4 Å². The van der Waals surface area contributed by atoms with Gasteiger partial charge in [0, 0.05) is 35.6 Å². The number of aromatic hydroxyl groups is 1. The molecule has 0 radical (unpaired) electrons. The smallest absolute Gasteiger partial charge is 0.116 e. The van der Waals surface area contributed by atoms with Crippen molar-refractivity contribution >= 4 is 10.9 Å². The zero-order chi connectivity index (χ0) is 12.8. The number of benzene rings is 1. The van der Waals surface area contributed by atoms with Crippen molar-refractivity contribution in [1.29, 1.82) is 0 Å². The first kappa shape index (κ1) is 11.6. The third-order valence-electron chi connectivity index (χ3n) is 4.52. The molecule has 1 aromatic carbocycles. The fourth-order valence-electron chi connectivity index (χ4n) is 3.46. The lowest BCUT2D eigenvalue weighted by molar-refractivity contribution is 0.428. The molecule has 18 heavy (non-hydrogen) atoms. The summed E-state index contributed by atoms with van der Waals surface area (Å²) in [6.07, 6.45) is 4.90. The number of rotatable bonds is 2. The summed E-state index contributed by atoms with van der Waals surface area (Å²) >= 11 is 0. The van der Waals surface area contributed by atoms with Crippen molar-refractivity contribution in [3.63, 3.8) is 0 Å². The molecule has 0 amide bonds. The van der Waals surface area contributed by atoms with Gasteiger partial charge in [-0.15, -0.1) is 0 Å². The van der Waals surface area contributed by atoms with Crippen LogP contribution in [0.4, 0.5) is 0 Å². The molecule has 1 aliphatic carbocycles. The van der Waals surface area contributed by atoms with Crippen LogP contribution >= 0.6 is 0 Å². The fraction of sp³-hybridized carbons (Fsp3) is 0.467. The van der Waals surface area contributed by atoms with Gasteiger partial charge >= 0.3 is 0 Å². The van der Waals surface area contributed by atoms with Crippen molar-refractivity contribution in [3.8, 4) is 5.75 Å². The summed E-state index contributed by atoms with van der Waals surface area (Å²) in [6.45, 7) is 0.711. The molecule has 1 fully saturated rings. The molecule has 0 saturated heterocycles. The first-order valence-electron chi connectivity index (χ1n) is 6.65. The van der Waals surface area contributed by atoms with Crippen molar-refractivity contribution in [2.45, 2.75) is 31.1 Å². The van der Waals surface area contributed by atoms with Crippen LogP contribution in [0.5, 0.6) is 5.75 Å². The maximum atomic E-state index is 9.58. The van der Waals surface area contributed by atoms with E-state index in [0.717, 1.165) is 5.39 Å². The van der Waals surface area contributed by atoms with Crippen LogP contribution in [-0.2, 0) is 12.5 Å². The van der Waals surface area contributed by atoms with Crippen LogP contribution in [0.3, 0.4) is 0 Å². The van der Waals surface area contributed by atoms with Crippen molar-refractivity contribution in [2.75, 3.05) is 6.54 Å². The van der Waals surface area contributed by atoms with E-state index >= 15 is 0 Å². The molecule has 1 saturated carbocycles. The van der Waals surface area contributed by atoms with E-state index in [9.17, 15) is 5.11 Å². The lowest BCUT2D eigenvalue weighted by atomic mass is 9.82. The maximum absolute atomic E-state index is 9.58. The Labute approximate surface area is 107 Å². The lowest BCUT2D eigenvalue weighted by Gasteiger charge is -2.28. The Morgan fingerprint density at radius 3 is 2.67 bits per heavy atom. The zero-order valence-corrected chi connectivity index (χ0v) is 10.8. The van der Waals surface area contributed by atoms with Gasteiger partial charge in [0.15, 0.2) is 0 Å². The number of phenols is 1. The third-order valence-corrected chi connectivity index (χ3v) is 4.52. The van der Waals surface area contributed by atoms with Crippen LogP contribution in [0.2, 0.25) is 0 Å². The minimum Gasteiger partial charge on any atom is -0.508 e. The van der Waals surface area contributed by atoms with Gasteiger partial charge in [-0.1, -0.05) is 12.8 Å². The quantitative estimate of drug-likeness (QED) is 0.853. The number of nitrogens with zero attached hydrogens (tertiary/aromatic N) is 1. The highest BCUT2D eigenvalue weighted by Crippen LogP contribution is 2.42. The Kier molecular flexibility index (Phi) is 2.59. The van der Waals surface area contributed by atoms with E-state index in [-0.39, 0.29) is 5.41 Å². The average molecular weight is 244 g/mol. The molecule has 1 heterocycles. The summed E-state index contributed by atoms with van der Waals surface area (Å²) in [7, 11) is 2.10. The summed E-state index contributed by atoms with van der Waals surface area (Å²) in [6, 6.07) is 7.76. The lowest BCUT2D eigenvalue weighted by Crippen LogP contribution is -2.33. The highest BCUT2D eigenvalue weighted by molar-refractivity contribution is 5.83. The van der Waals surface area contributed by atoms with Gasteiger partial charge < -0.3 is 15.4 Å². The molecule has 0 spiro atoms. The van der Waals surface area contributed by atoms with Gasteiger partial charge in [0.2, 0.25) is 0 Å². The SMILES string of the molecule is Cn1c(C2(CN)CCCC2)cc2cc(O)ccc21. The summed E-state index contributed by atoms with van der Waals surface area (Å²) < 4.78 is 2.24. The highest BCUT2D eigenvalue weighted by atomic mass is 16.3.